The Labute approximate surface area is 216 Å². The Balaban J connectivity index is 1.17. The Bertz CT molecular complexity index is 1270. The molecule has 3 aromatic rings. The third-order valence-corrected chi connectivity index (χ3v) is 8.29. The van der Waals surface area contributed by atoms with Crippen molar-refractivity contribution in [1.82, 2.24) is 14.8 Å². The SMILES string of the molecule is N#C[C@@H]1CN(C2CCN(C(=O)c3ccc4ncccc4c3)CC2)CC[C@@H]1Cc1ccc(Cl)c(Cl)c1. The number of amides is 1. The van der Waals surface area contributed by atoms with Gasteiger partial charge in [-0.25, -0.2) is 0 Å². The van der Waals surface area contributed by atoms with Crippen LogP contribution in [0.5, 0.6) is 0 Å². The van der Waals surface area contributed by atoms with Gasteiger partial charge in [-0.3, -0.25) is 14.7 Å². The van der Waals surface area contributed by atoms with Crippen molar-refractivity contribution in [3.8, 4) is 6.07 Å². The summed E-state index contributed by atoms with van der Waals surface area (Å²) >= 11 is 12.2. The van der Waals surface area contributed by atoms with Crippen molar-refractivity contribution in [2.75, 3.05) is 26.2 Å². The number of fused-ring (bicyclic) bond motifs is 1. The van der Waals surface area contributed by atoms with Gasteiger partial charge in [-0.15, -0.1) is 0 Å². The average molecular weight is 507 g/mol. The number of carbonyl (C=O) groups is 1. The first-order valence-corrected chi connectivity index (χ1v) is 13.0. The molecule has 0 unspecified atom stereocenters. The molecule has 1 aromatic heterocycles. The molecule has 0 N–H and O–H groups in total. The van der Waals surface area contributed by atoms with Crippen molar-refractivity contribution in [1.29, 1.82) is 5.26 Å². The van der Waals surface area contributed by atoms with Gasteiger partial charge in [-0.05, 0) is 80.1 Å². The molecular weight excluding hydrogens is 479 g/mol. The van der Waals surface area contributed by atoms with Crippen molar-refractivity contribution in [2.24, 2.45) is 11.8 Å². The monoisotopic (exact) mass is 506 g/mol. The molecule has 1 amide bonds. The zero-order valence-corrected chi connectivity index (χ0v) is 21.0. The lowest BCUT2D eigenvalue weighted by Crippen LogP contribution is -2.51. The summed E-state index contributed by atoms with van der Waals surface area (Å²) in [6.45, 7) is 3.27. The molecule has 5 rings (SSSR count). The van der Waals surface area contributed by atoms with E-state index in [9.17, 15) is 10.1 Å². The van der Waals surface area contributed by atoms with Gasteiger partial charge in [0.15, 0.2) is 0 Å². The highest BCUT2D eigenvalue weighted by Gasteiger charge is 2.34. The topological polar surface area (TPSA) is 60.2 Å². The maximum Gasteiger partial charge on any atom is 0.253 e. The van der Waals surface area contributed by atoms with Gasteiger partial charge in [0.25, 0.3) is 5.91 Å². The van der Waals surface area contributed by atoms with Gasteiger partial charge < -0.3 is 4.90 Å². The fourth-order valence-electron chi connectivity index (χ4n) is 5.54. The normalized spacial score (nSPS) is 21.7. The minimum Gasteiger partial charge on any atom is -0.339 e. The van der Waals surface area contributed by atoms with E-state index < -0.39 is 0 Å². The summed E-state index contributed by atoms with van der Waals surface area (Å²) < 4.78 is 0. The lowest BCUT2D eigenvalue weighted by molar-refractivity contribution is 0.0486. The molecule has 0 saturated carbocycles. The third kappa shape index (κ3) is 5.30. The first-order chi connectivity index (χ1) is 17.0. The smallest absolute Gasteiger partial charge is 0.253 e. The van der Waals surface area contributed by atoms with Crippen LogP contribution in [0.2, 0.25) is 10.0 Å². The van der Waals surface area contributed by atoms with E-state index in [0.29, 0.717) is 22.0 Å². The van der Waals surface area contributed by atoms with Crippen LogP contribution in [-0.2, 0) is 6.42 Å². The summed E-state index contributed by atoms with van der Waals surface area (Å²) in [5.41, 5.74) is 2.75. The van der Waals surface area contributed by atoms with E-state index >= 15 is 0 Å². The highest BCUT2D eigenvalue weighted by atomic mass is 35.5. The first kappa shape index (κ1) is 24.1. The molecule has 3 heterocycles. The van der Waals surface area contributed by atoms with Gasteiger partial charge >= 0.3 is 0 Å². The van der Waals surface area contributed by atoms with Crippen molar-refractivity contribution in [3.63, 3.8) is 0 Å². The Morgan fingerprint density at radius 1 is 1.03 bits per heavy atom. The standard InChI is InChI=1S/C28H28Cl2N4O/c29-25-5-3-19(15-26(25)30)14-20-7-11-34(18-23(20)17-31)24-8-12-33(13-9-24)28(35)22-4-6-27-21(16-22)2-1-10-32-27/h1-6,10,15-16,20,23-24H,7-9,11-14,18H2/t20-,23-/m1/s1. The minimum absolute atomic E-state index is 0.0101. The molecule has 0 radical (unpaired) electrons. The number of nitriles is 1. The van der Waals surface area contributed by atoms with Gasteiger partial charge in [0, 0.05) is 42.8 Å². The van der Waals surface area contributed by atoms with Crippen LogP contribution in [0.3, 0.4) is 0 Å². The van der Waals surface area contributed by atoms with E-state index in [1.54, 1.807) is 6.20 Å². The van der Waals surface area contributed by atoms with E-state index in [-0.39, 0.29) is 11.8 Å². The molecular formula is C28H28Cl2N4O. The zero-order chi connectivity index (χ0) is 24.4. The number of rotatable bonds is 4. The fourth-order valence-corrected chi connectivity index (χ4v) is 5.86. The van der Waals surface area contributed by atoms with Crippen LogP contribution in [-0.4, -0.2) is 52.9 Å². The number of likely N-dealkylation sites (tertiary alicyclic amines) is 2. The highest BCUT2D eigenvalue weighted by Crippen LogP contribution is 2.32. The molecule has 2 atom stereocenters. The fraction of sp³-hybridized carbons (Fsp3) is 0.393. The lowest BCUT2D eigenvalue weighted by Gasteiger charge is -2.43. The number of aromatic nitrogens is 1. The van der Waals surface area contributed by atoms with Crippen LogP contribution in [0.15, 0.2) is 54.7 Å². The Morgan fingerprint density at radius 2 is 1.86 bits per heavy atom. The van der Waals surface area contributed by atoms with Gasteiger partial charge in [0.05, 0.1) is 27.5 Å². The van der Waals surface area contributed by atoms with Gasteiger partial charge in [-0.2, -0.15) is 5.26 Å². The molecule has 180 valence electrons. The summed E-state index contributed by atoms with van der Waals surface area (Å²) in [4.78, 5) is 21.9. The van der Waals surface area contributed by atoms with Crippen molar-refractivity contribution in [2.45, 2.75) is 31.7 Å². The molecule has 5 nitrogen and oxygen atoms in total. The molecule has 2 aromatic carbocycles. The summed E-state index contributed by atoms with van der Waals surface area (Å²) in [7, 11) is 0. The maximum absolute atomic E-state index is 13.1. The number of carbonyl (C=O) groups excluding carboxylic acids is 1. The number of halogens is 2. The van der Waals surface area contributed by atoms with Crippen molar-refractivity contribution < 1.29 is 4.79 Å². The molecule has 2 fully saturated rings. The number of hydrogen-bond acceptors (Lipinski definition) is 4. The Kier molecular flexibility index (Phi) is 7.24. The molecule has 35 heavy (non-hydrogen) atoms. The van der Waals surface area contributed by atoms with E-state index in [4.69, 9.17) is 23.2 Å². The lowest BCUT2D eigenvalue weighted by atomic mass is 9.81. The summed E-state index contributed by atoms with van der Waals surface area (Å²) in [5, 5.41) is 12.0. The molecule has 0 bridgehead atoms. The van der Waals surface area contributed by atoms with Gasteiger partial charge in [0.1, 0.15) is 0 Å². The van der Waals surface area contributed by atoms with E-state index in [2.05, 4.69) is 16.0 Å². The average Bonchev–Trinajstić information content (AvgIpc) is 2.90. The van der Waals surface area contributed by atoms with Crippen LogP contribution >= 0.6 is 23.2 Å². The van der Waals surface area contributed by atoms with Crippen LogP contribution in [0.25, 0.3) is 10.9 Å². The molecule has 2 saturated heterocycles. The predicted molar refractivity (Wildman–Crippen MR) is 140 cm³/mol. The maximum atomic E-state index is 13.1. The molecule has 2 aliphatic rings. The van der Waals surface area contributed by atoms with Gasteiger partial charge in [0.2, 0.25) is 0 Å². The Hall–Kier alpha value is -2.65. The van der Waals surface area contributed by atoms with Crippen LogP contribution in [0.1, 0.15) is 35.2 Å². The number of benzene rings is 2. The largest absolute Gasteiger partial charge is 0.339 e. The second kappa shape index (κ2) is 10.5. The molecule has 7 heteroatoms. The first-order valence-electron chi connectivity index (χ1n) is 12.2. The zero-order valence-electron chi connectivity index (χ0n) is 19.5. The minimum atomic E-state index is -0.0101. The molecule has 2 aliphatic heterocycles. The van der Waals surface area contributed by atoms with Crippen LogP contribution < -0.4 is 0 Å². The summed E-state index contributed by atoms with van der Waals surface area (Å²) in [6, 6.07) is 18.4. The number of pyridine rings is 1. The predicted octanol–water partition coefficient (Wildman–Crippen LogP) is 5.85. The van der Waals surface area contributed by atoms with E-state index in [0.717, 1.165) is 73.9 Å². The molecule has 0 aliphatic carbocycles. The third-order valence-electron chi connectivity index (χ3n) is 7.55. The van der Waals surface area contributed by atoms with Crippen LogP contribution in [0.4, 0.5) is 0 Å². The van der Waals surface area contributed by atoms with Crippen molar-refractivity contribution >= 4 is 40.0 Å². The Morgan fingerprint density at radius 3 is 2.63 bits per heavy atom. The molecule has 0 spiro atoms. The van der Waals surface area contributed by atoms with E-state index in [1.807, 2.05) is 53.4 Å². The highest BCUT2D eigenvalue weighted by molar-refractivity contribution is 6.42. The van der Waals surface area contributed by atoms with E-state index in [1.165, 1.54) is 0 Å². The number of hydrogen-bond donors (Lipinski definition) is 0. The number of nitrogens with zero attached hydrogens (tertiary/aromatic N) is 4. The quantitative estimate of drug-likeness (QED) is 0.445. The summed E-state index contributed by atoms with van der Waals surface area (Å²) in [6.07, 6.45) is 5.48. The number of piperidine rings is 2. The van der Waals surface area contributed by atoms with Gasteiger partial charge in [-0.1, -0.05) is 35.3 Å². The second-order valence-corrected chi connectivity index (χ2v) is 10.5. The second-order valence-electron chi connectivity index (χ2n) is 9.67. The van der Waals surface area contributed by atoms with Crippen LogP contribution in [0, 0.1) is 23.2 Å². The van der Waals surface area contributed by atoms with Crippen molar-refractivity contribution in [3.05, 3.63) is 75.9 Å². The summed E-state index contributed by atoms with van der Waals surface area (Å²) in [5.74, 6) is 0.395.